The molecule has 0 aliphatic carbocycles. The van der Waals surface area contributed by atoms with Crippen LogP contribution in [-0.4, -0.2) is 17.6 Å². The number of nitriles is 1. The molecule has 0 spiro atoms. The van der Waals surface area contributed by atoms with Crippen LogP contribution in [0.4, 0.5) is 0 Å². The lowest BCUT2D eigenvalue weighted by Gasteiger charge is -2.18. The number of ether oxygens (including phenoxy) is 1. The van der Waals surface area contributed by atoms with Gasteiger partial charge in [-0.05, 0) is 38.8 Å². The van der Waals surface area contributed by atoms with Gasteiger partial charge in [-0.1, -0.05) is 6.07 Å². The number of aryl methyl sites for hydroxylation is 1. The summed E-state index contributed by atoms with van der Waals surface area (Å²) in [5.41, 5.74) is -0.216. The van der Waals surface area contributed by atoms with E-state index in [0.29, 0.717) is 19.4 Å². The number of hydrogen-bond acceptors (Lipinski definition) is 4. The highest BCUT2D eigenvalue weighted by molar-refractivity contribution is 5.79. The highest BCUT2D eigenvalue weighted by Gasteiger charge is 2.34. The van der Waals surface area contributed by atoms with Crippen LogP contribution in [0.2, 0.25) is 0 Å². The molecule has 1 heterocycles. The average Bonchev–Trinajstić information content (AvgIpc) is 2.37. The molecule has 0 bridgehead atoms. The molecule has 0 N–H and O–H groups in total. The van der Waals surface area contributed by atoms with E-state index in [-0.39, 0.29) is 0 Å². The maximum absolute atomic E-state index is 11.7. The summed E-state index contributed by atoms with van der Waals surface area (Å²) in [7, 11) is 0. The third kappa shape index (κ3) is 3.56. The topological polar surface area (TPSA) is 63.0 Å². The quantitative estimate of drug-likeness (QED) is 0.729. The summed E-state index contributed by atoms with van der Waals surface area (Å²) in [6.07, 6.45) is 2.70. The largest absolute Gasteiger partial charge is 0.465 e. The van der Waals surface area contributed by atoms with Crippen LogP contribution in [0.25, 0.3) is 0 Å². The minimum Gasteiger partial charge on any atom is -0.465 e. The summed E-state index contributed by atoms with van der Waals surface area (Å²) in [5, 5.41) is 9.09. The van der Waals surface area contributed by atoms with E-state index in [1.54, 1.807) is 20.0 Å². The van der Waals surface area contributed by atoms with E-state index in [0.717, 1.165) is 5.69 Å². The van der Waals surface area contributed by atoms with Crippen molar-refractivity contribution in [3.8, 4) is 6.07 Å². The number of nitrogens with zero attached hydrogens (tertiary/aromatic N) is 2. The van der Waals surface area contributed by atoms with E-state index in [1.165, 1.54) is 0 Å². The van der Waals surface area contributed by atoms with Crippen LogP contribution in [0.3, 0.4) is 0 Å². The molecule has 4 nitrogen and oxygen atoms in total. The van der Waals surface area contributed by atoms with Gasteiger partial charge in [0.2, 0.25) is 0 Å². The fourth-order valence-electron chi connectivity index (χ4n) is 1.42. The van der Waals surface area contributed by atoms with Gasteiger partial charge in [0.1, 0.15) is 0 Å². The van der Waals surface area contributed by atoms with Crippen molar-refractivity contribution >= 4 is 5.97 Å². The predicted octanol–water partition coefficient (Wildman–Crippen LogP) is 2.11. The summed E-state index contributed by atoms with van der Waals surface area (Å²) in [6, 6.07) is 7.63. The van der Waals surface area contributed by atoms with Gasteiger partial charge in [0, 0.05) is 11.9 Å². The molecule has 0 aromatic carbocycles. The van der Waals surface area contributed by atoms with Crippen molar-refractivity contribution in [1.29, 1.82) is 5.26 Å². The van der Waals surface area contributed by atoms with Crippen molar-refractivity contribution in [2.75, 3.05) is 6.61 Å². The average molecular weight is 232 g/mol. The first-order valence-corrected chi connectivity index (χ1v) is 5.61. The van der Waals surface area contributed by atoms with Crippen LogP contribution in [0, 0.1) is 16.7 Å². The highest BCUT2D eigenvalue weighted by Crippen LogP contribution is 2.24. The first-order chi connectivity index (χ1) is 8.12. The maximum atomic E-state index is 11.7. The summed E-state index contributed by atoms with van der Waals surface area (Å²) >= 11 is 0. The second-order valence-electron chi connectivity index (χ2n) is 3.99. The maximum Gasteiger partial charge on any atom is 0.326 e. The van der Waals surface area contributed by atoms with E-state index >= 15 is 0 Å². The molecular weight excluding hydrogens is 216 g/mol. The fraction of sp³-hybridized carbons (Fsp3) is 0.462. The Labute approximate surface area is 101 Å². The highest BCUT2D eigenvalue weighted by atomic mass is 16.5. The monoisotopic (exact) mass is 232 g/mol. The fourth-order valence-corrected chi connectivity index (χ4v) is 1.42. The summed E-state index contributed by atoms with van der Waals surface area (Å²) < 4.78 is 4.90. The zero-order chi connectivity index (χ0) is 12.7. The van der Waals surface area contributed by atoms with Crippen molar-refractivity contribution in [3.05, 3.63) is 30.1 Å². The first-order valence-electron chi connectivity index (χ1n) is 5.61. The minimum atomic E-state index is -1.09. The molecule has 1 unspecified atom stereocenters. The Morgan fingerprint density at radius 1 is 1.59 bits per heavy atom. The van der Waals surface area contributed by atoms with Crippen molar-refractivity contribution in [2.45, 2.75) is 26.7 Å². The Morgan fingerprint density at radius 3 is 2.88 bits per heavy atom. The lowest BCUT2D eigenvalue weighted by Crippen LogP contribution is -2.29. The van der Waals surface area contributed by atoms with Gasteiger partial charge in [-0.15, -0.1) is 0 Å². The molecule has 1 aromatic rings. The zero-order valence-electron chi connectivity index (χ0n) is 10.1. The van der Waals surface area contributed by atoms with E-state index in [1.807, 2.05) is 24.3 Å². The predicted molar refractivity (Wildman–Crippen MR) is 62.9 cm³/mol. The van der Waals surface area contributed by atoms with Crippen LogP contribution in [0.15, 0.2) is 24.4 Å². The Kier molecular flexibility index (Phi) is 4.65. The number of carbonyl (C=O) groups is 1. The Balaban J connectivity index is 2.65. The van der Waals surface area contributed by atoms with Crippen LogP contribution < -0.4 is 0 Å². The molecule has 1 atom stereocenters. The summed E-state index contributed by atoms with van der Waals surface area (Å²) in [6.45, 7) is 3.63. The molecule has 0 fully saturated rings. The molecule has 17 heavy (non-hydrogen) atoms. The van der Waals surface area contributed by atoms with E-state index < -0.39 is 11.4 Å². The molecular formula is C13H16N2O2. The number of hydrogen-bond donors (Lipinski definition) is 0. The van der Waals surface area contributed by atoms with Gasteiger partial charge in [0.25, 0.3) is 0 Å². The molecule has 0 radical (unpaired) electrons. The molecule has 1 rings (SSSR count). The number of esters is 1. The third-order valence-electron chi connectivity index (χ3n) is 2.58. The summed E-state index contributed by atoms with van der Waals surface area (Å²) in [4.78, 5) is 15.8. The molecule has 90 valence electrons. The molecule has 0 aliphatic heterocycles. The number of carbonyl (C=O) groups excluding carboxylic acids is 1. The van der Waals surface area contributed by atoms with E-state index in [4.69, 9.17) is 10.00 Å². The van der Waals surface area contributed by atoms with Gasteiger partial charge in [0.15, 0.2) is 5.41 Å². The van der Waals surface area contributed by atoms with Gasteiger partial charge in [-0.25, -0.2) is 0 Å². The number of pyridine rings is 1. The number of rotatable bonds is 5. The van der Waals surface area contributed by atoms with Gasteiger partial charge >= 0.3 is 5.97 Å². The second kappa shape index (κ2) is 6.00. The van der Waals surface area contributed by atoms with Crippen molar-refractivity contribution in [2.24, 2.45) is 5.41 Å². The number of aromatic nitrogens is 1. The van der Waals surface area contributed by atoms with E-state index in [9.17, 15) is 4.79 Å². The molecule has 0 amide bonds. The van der Waals surface area contributed by atoms with E-state index in [2.05, 4.69) is 4.98 Å². The van der Waals surface area contributed by atoms with Gasteiger partial charge in [-0.3, -0.25) is 9.78 Å². The molecule has 0 aliphatic rings. The van der Waals surface area contributed by atoms with Crippen LogP contribution in [-0.2, 0) is 16.0 Å². The van der Waals surface area contributed by atoms with Crippen LogP contribution >= 0.6 is 0 Å². The van der Waals surface area contributed by atoms with Gasteiger partial charge in [0.05, 0.1) is 12.7 Å². The standard InChI is InChI=1S/C13H16N2O2/c1-3-17-12(16)13(2,10-14)8-7-11-6-4-5-9-15-11/h4-6,9H,3,7-8H2,1-2H3. The van der Waals surface area contributed by atoms with Gasteiger partial charge in [-0.2, -0.15) is 5.26 Å². The lowest BCUT2D eigenvalue weighted by molar-refractivity contribution is -0.151. The van der Waals surface area contributed by atoms with Crippen LogP contribution in [0.1, 0.15) is 26.0 Å². The Hall–Kier alpha value is -1.89. The third-order valence-corrected chi connectivity index (χ3v) is 2.58. The molecule has 0 saturated carbocycles. The minimum absolute atomic E-state index is 0.291. The van der Waals surface area contributed by atoms with Gasteiger partial charge < -0.3 is 4.74 Å². The summed E-state index contributed by atoms with van der Waals surface area (Å²) in [5.74, 6) is -0.460. The second-order valence-corrected chi connectivity index (χ2v) is 3.99. The van der Waals surface area contributed by atoms with Crippen molar-refractivity contribution < 1.29 is 9.53 Å². The SMILES string of the molecule is CCOC(=O)C(C)(C#N)CCc1ccccn1. The molecule has 0 saturated heterocycles. The molecule has 1 aromatic heterocycles. The Bertz CT molecular complexity index is 411. The Morgan fingerprint density at radius 2 is 2.35 bits per heavy atom. The first kappa shape index (κ1) is 13.2. The van der Waals surface area contributed by atoms with Crippen molar-refractivity contribution in [1.82, 2.24) is 4.98 Å². The van der Waals surface area contributed by atoms with Crippen molar-refractivity contribution in [3.63, 3.8) is 0 Å². The smallest absolute Gasteiger partial charge is 0.326 e. The zero-order valence-corrected chi connectivity index (χ0v) is 10.1. The molecule has 4 heteroatoms. The lowest BCUT2D eigenvalue weighted by atomic mass is 9.86. The van der Waals surface area contributed by atoms with Crippen LogP contribution in [0.5, 0.6) is 0 Å². The normalized spacial score (nSPS) is 13.5.